The Labute approximate surface area is 77.3 Å². The van der Waals surface area contributed by atoms with Crippen LogP contribution in [0.5, 0.6) is 5.75 Å². The zero-order chi connectivity index (χ0) is 10.8. The number of halogens is 3. The molecule has 0 amide bonds. The minimum absolute atomic E-state index is 0.196. The summed E-state index contributed by atoms with van der Waals surface area (Å²) in [6, 6.07) is 3.31. The molecule has 1 aromatic rings. The predicted molar refractivity (Wildman–Crippen MR) is 42.9 cm³/mol. The first-order valence-corrected chi connectivity index (χ1v) is 3.53. The SMILES string of the molecule is Nc1ccc(OC(F)(F)F)c(C=O)c1. The van der Waals surface area contributed by atoms with Gasteiger partial charge in [-0.3, -0.25) is 4.79 Å². The van der Waals surface area contributed by atoms with Crippen LogP contribution in [0, 0.1) is 0 Å². The third kappa shape index (κ3) is 2.65. The Morgan fingerprint density at radius 1 is 1.36 bits per heavy atom. The van der Waals surface area contributed by atoms with Gasteiger partial charge in [-0.2, -0.15) is 0 Å². The molecule has 6 heteroatoms. The van der Waals surface area contributed by atoms with E-state index in [1.165, 1.54) is 6.07 Å². The third-order valence-corrected chi connectivity index (χ3v) is 1.39. The molecule has 1 rings (SSSR count). The molecule has 0 radical (unpaired) electrons. The van der Waals surface area contributed by atoms with Gasteiger partial charge in [-0.05, 0) is 18.2 Å². The third-order valence-electron chi connectivity index (χ3n) is 1.39. The molecule has 0 aliphatic rings. The summed E-state index contributed by atoms with van der Waals surface area (Å²) in [7, 11) is 0. The van der Waals surface area contributed by atoms with Crippen LogP contribution in [0.2, 0.25) is 0 Å². The van der Waals surface area contributed by atoms with Gasteiger partial charge in [-0.25, -0.2) is 0 Å². The Morgan fingerprint density at radius 3 is 2.50 bits per heavy atom. The number of hydrogen-bond donors (Lipinski definition) is 1. The Morgan fingerprint density at radius 2 is 2.00 bits per heavy atom. The maximum Gasteiger partial charge on any atom is 0.573 e. The number of carbonyl (C=O) groups excluding carboxylic acids is 1. The van der Waals surface area contributed by atoms with Crippen LogP contribution in [-0.2, 0) is 0 Å². The average Bonchev–Trinajstić information content (AvgIpc) is 2.06. The minimum atomic E-state index is -4.81. The van der Waals surface area contributed by atoms with E-state index in [9.17, 15) is 18.0 Å². The minimum Gasteiger partial charge on any atom is -0.405 e. The van der Waals surface area contributed by atoms with Gasteiger partial charge in [-0.15, -0.1) is 13.2 Å². The highest BCUT2D eigenvalue weighted by atomic mass is 19.4. The molecule has 0 heterocycles. The topological polar surface area (TPSA) is 52.3 Å². The Hall–Kier alpha value is -1.72. The summed E-state index contributed by atoms with van der Waals surface area (Å²) in [5, 5.41) is 0. The number of nitrogens with two attached hydrogens (primary N) is 1. The standard InChI is InChI=1S/C8H6F3NO2/c9-8(10,11)14-7-2-1-6(12)3-5(7)4-13/h1-4H,12H2. The lowest BCUT2D eigenvalue weighted by Gasteiger charge is -2.10. The van der Waals surface area contributed by atoms with Crippen LogP contribution in [0.15, 0.2) is 18.2 Å². The van der Waals surface area contributed by atoms with Crippen LogP contribution >= 0.6 is 0 Å². The van der Waals surface area contributed by atoms with Crippen LogP contribution in [-0.4, -0.2) is 12.6 Å². The summed E-state index contributed by atoms with van der Waals surface area (Å²) in [6.45, 7) is 0. The monoisotopic (exact) mass is 205 g/mol. The van der Waals surface area contributed by atoms with Gasteiger partial charge in [0, 0.05) is 5.69 Å². The molecule has 14 heavy (non-hydrogen) atoms. The second-order valence-corrected chi connectivity index (χ2v) is 2.46. The van der Waals surface area contributed by atoms with E-state index in [1.54, 1.807) is 0 Å². The molecule has 0 saturated heterocycles. The molecule has 0 atom stereocenters. The molecule has 76 valence electrons. The van der Waals surface area contributed by atoms with Gasteiger partial charge in [0.2, 0.25) is 0 Å². The summed E-state index contributed by atoms with van der Waals surface area (Å²) in [5.74, 6) is -0.554. The second-order valence-electron chi connectivity index (χ2n) is 2.46. The summed E-state index contributed by atoms with van der Waals surface area (Å²) in [6.07, 6.45) is -4.56. The Bertz CT molecular complexity index is 349. The largest absolute Gasteiger partial charge is 0.573 e. The molecule has 0 unspecified atom stereocenters. The van der Waals surface area contributed by atoms with E-state index in [2.05, 4.69) is 4.74 Å². The zero-order valence-electron chi connectivity index (χ0n) is 6.84. The van der Waals surface area contributed by atoms with Crippen molar-refractivity contribution < 1.29 is 22.7 Å². The van der Waals surface area contributed by atoms with Crippen molar-refractivity contribution in [3.8, 4) is 5.75 Å². The number of hydrogen-bond acceptors (Lipinski definition) is 3. The second kappa shape index (κ2) is 3.57. The Kier molecular flexibility index (Phi) is 2.64. The Balaban J connectivity index is 3.03. The van der Waals surface area contributed by atoms with Crippen molar-refractivity contribution in [3.63, 3.8) is 0 Å². The van der Waals surface area contributed by atoms with Crippen molar-refractivity contribution in [1.82, 2.24) is 0 Å². The van der Waals surface area contributed by atoms with E-state index in [0.29, 0.717) is 0 Å². The van der Waals surface area contributed by atoms with Gasteiger partial charge in [0.1, 0.15) is 5.75 Å². The number of carbonyl (C=O) groups is 1. The first kappa shape index (κ1) is 10.4. The van der Waals surface area contributed by atoms with Crippen molar-refractivity contribution in [3.05, 3.63) is 23.8 Å². The maximum atomic E-state index is 11.8. The van der Waals surface area contributed by atoms with Crippen molar-refractivity contribution in [2.45, 2.75) is 6.36 Å². The number of anilines is 1. The van der Waals surface area contributed by atoms with Crippen LogP contribution in [0.1, 0.15) is 10.4 Å². The molecule has 1 aromatic carbocycles. The van der Waals surface area contributed by atoms with Crippen molar-refractivity contribution in [2.75, 3.05) is 5.73 Å². The van der Waals surface area contributed by atoms with Crippen LogP contribution in [0.3, 0.4) is 0 Å². The van der Waals surface area contributed by atoms with Crippen molar-refractivity contribution in [2.24, 2.45) is 0 Å². The molecule has 0 bridgehead atoms. The van der Waals surface area contributed by atoms with E-state index in [-0.39, 0.29) is 17.5 Å². The molecule has 0 aliphatic heterocycles. The lowest BCUT2D eigenvalue weighted by atomic mass is 10.2. The fraction of sp³-hybridized carbons (Fsp3) is 0.125. The lowest BCUT2D eigenvalue weighted by Crippen LogP contribution is -2.18. The number of benzene rings is 1. The molecular weight excluding hydrogens is 199 g/mol. The highest BCUT2D eigenvalue weighted by Crippen LogP contribution is 2.26. The molecule has 0 saturated carbocycles. The summed E-state index contributed by atoms with van der Waals surface area (Å²) in [4.78, 5) is 10.4. The number of aldehydes is 1. The van der Waals surface area contributed by atoms with E-state index in [0.717, 1.165) is 12.1 Å². The summed E-state index contributed by atoms with van der Waals surface area (Å²) in [5.41, 5.74) is 5.23. The van der Waals surface area contributed by atoms with Crippen molar-refractivity contribution in [1.29, 1.82) is 0 Å². The lowest BCUT2D eigenvalue weighted by molar-refractivity contribution is -0.274. The van der Waals surface area contributed by atoms with Crippen LogP contribution in [0.25, 0.3) is 0 Å². The van der Waals surface area contributed by atoms with E-state index in [1.807, 2.05) is 0 Å². The molecule has 0 fully saturated rings. The van der Waals surface area contributed by atoms with Crippen LogP contribution < -0.4 is 10.5 Å². The van der Waals surface area contributed by atoms with E-state index in [4.69, 9.17) is 5.73 Å². The number of rotatable bonds is 2. The fourth-order valence-electron chi connectivity index (χ4n) is 0.877. The molecule has 0 aromatic heterocycles. The number of alkyl halides is 3. The zero-order valence-corrected chi connectivity index (χ0v) is 6.84. The van der Waals surface area contributed by atoms with Crippen molar-refractivity contribution >= 4 is 12.0 Å². The van der Waals surface area contributed by atoms with E-state index < -0.39 is 12.1 Å². The van der Waals surface area contributed by atoms with Gasteiger partial charge >= 0.3 is 6.36 Å². The first-order valence-electron chi connectivity index (χ1n) is 3.53. The molecule has 3 nitrogen and oxygen atoms in total. The van der Waals surface area contributed by atoms with Gasteiger partial charge in [0.15, 0.2) is 6.29 Å². The predicted octanol–water partition coefficient (Wildman–Crippen LogP) is 1.98. The highest BCUT2D eigenvalue weighted by Gasteiger charge is 2.32. The quantitative estimate of drug-likeness (QED) is 0.593. The van der Waals surface area contributed by atoms with Gasteiger partial charge in [-0.1, -0.05) is 0 Å². The average molecular weight is 205 g/mol. The normalized spacial score (nSPS) is 11.1. The molecule has 0 spiro atoms. The van der Waals surface area contributed by atoms with Crippen LogP contribution in [0.4, 0.5) is 18.9 Å². The van der Waals surface area contributed by atoms with Gasteiger partial charge in [0.05, 0.1) is 5.56 Å². The molecule has 0 aliphatic carbocycles. The number of nitrogen functional groups attached to an aromatic ring is 1. The molecule has 2 N–H and O–H groups in total. The fourth-order valence-corrected chi connectivity index (χ4v) is 0.877. The van der Waals surface area contributed by atoms with E-state index >= 15 is 0 Å². The van der Waals surface area contributed by atoms with Gasteiger partial charge in [0.25, 0.3) is 0 Å². The highest BCUT2D eigenvalue weighted by molar-refractivity contribution is 5.81. The summed E-state index contributed by atoms with van der Waals surface area (Å²) >= 11 is 0. The maximum absolute atomic E-state index is 11.8. The number of ether oxygens (including phenoxy) is 1. The summed E-state index contributed by atoms with van der Waals surface area (Å²) < 4.78 is 39.0. The first-order chi connectivity index (χ1) is 6.42. The van der Waals surface area contributed by atoms with Gasteiger partial charge < -0.3 is 10.5 Å². The molecular formula is C8H6F3NO2. The smallest absolute Gasteiger partial charge is 0.405 e.